The Morgan fingerprint density at radius 1 is 1.19 bits per heavy atom. The zero-order valence-electron chi connectivity index (χ0n) is 12.5. The van der Waals surface area contributed by atoms with Crippen LogP contribution < -0.4 is 5.32 Å². The van der Waals surface area contributed by atoms with Crippen LogP contribution in [0.1, 0.15) is 31.2 Å². The molecule has 2 saturated heterocycles. The zero-order chi connectivity index (χ0) is 14.5. The van der Waals surface area contributed by atoms with Crippen LogP contribution in [0.25, 0.3) is 0 Å². The number of rotatable bonds is 3. The first-order valence-electron chi connectivity index (χ1n) is 8.02. The first-order valence-corrected chi connectivity index (χ1v) is 8.02. The molecule has 21 heavy (non-hydrogen) atoms. The van der Waals surface area contributed by atoms with Crippen molar-refractivity contribution < 1.29 is 9.53 Å². The number of hydrogen-bond acceptors (Lipinski definition) is 3. The summed E-state index contributed by atoms with van der Waals surface area (Å²) in [5, 5.41) is 3.58. The number of nitrogens with one attached hydrogen (secondary N) is 1. The molecule has 4 heteroatoms. The van der Waals surface area contributed by atoms with Crippen LogP contribution in [-0.4, -0.2) is 36.7 Å². The third kappa shape index (κ3) is 3.76. The van der Waals surface area contributed by atoms with E-state index in [4.69, 9.17) is 4.74 Å². The molecular formula is C17H24N2O2. The van der Waals surface area contributed by atoms with Crippen LogP contribution in [-0.2, 0) is 11.3 Å². The standard InChI is InChI=1S/C17H24N2O2/c20-17(21-13-14-5-2-1-3-6-14)19-11-8-15(9-12-19)16-7-4-10-18-16/h1-3,5-6,15-16,18H,4,7-13H2. The van der Waals surface area contributed by atoms with Crippen molar-refractivity contribution in [2.75, 3.05) is 19.6 Å². The molecule has 0 aliphatic carbocycles. The van der Waals surface area contributed by atoms with Crippen molar-refractivity contribution in [2.45, 2.75) is 38.3 Å². The summed E-state index contributed by atoms with van der Waals surface area (Å²) in [6.45, 7) is 3.18. The lowest BCUT2D eigenvalue weighted by molar-refractivity contribution is 0.0790. The molecule has 1 aromatic rings. The number of likely N-dealkylation sites (tertiary alicyclic amines) is 1. The van der Waals surface area contributed by atoms with Crippen LogP contribution in [0.15, 0.2) is 30.3 Å². The van der Waals surface area contributed by atoms with Crippen molar-refractivity contribution in [3.8, 4) is 0 Å². The lowest BCUT2D eigenvalue weighted by atomic mass is 9.89. The lowest BCUT2D eigenvalue weighted by Gasteiger charge is -2.34. The van der Waals surface area contributed by atoms with Crippen LogP contribution in [0.5, 0.6) is 0 Å². The molecule has 0 aromatic heterocycles. The van der Waals surface area contributed by atoms with Gasteiger partial charge in [0, 0.05) is 19.1 Å². The van der Waals surface area contributed by atoms with E-state index in [1.165, 1.54) is 12.8 Å². The largest absolute Gasteiger partial charge is 0.445 e. The van der Waals surface area contributed by atoms with Crippen molar-refractivity contribution in [1.82, 2.24) is 10.2 Å². The average molecular weight is 288 g/mol. The van der Waals surface area contributed by atoms with Crippen LogP contribution in [0, 0.1) is 5.92 Å². The number of piperidine rings is 1. The van der Waals surface area contributed by atoms with Crippen molar-refractivity contribution in [3.63, 3.8) is 0 Å². The van der Waals surface area contributed by atoms with E-state index in [0.717, 1.165) is 44.0 Å². The highest BCUT2D eigenvalue weighted by Gasteiger charge is 2.30. The number of nitrogens with zero attached hydrogens (tertiary/aromatic N) is 1. The summed E-state index contributed by atoms with van der Waals surface area (Å²) in [5.74, 6) is 0.727. The van der Waals surface area contributed by atoms with Crippen LogP contribution in [0.4, 0.5) is 4.79 Å². The Bertz CT molecular complexity index is 449. The minimum absolute atomic E-state index is 0.170. The highest BCUT2D eigenvalue weighted by atomic mass is 16.6. The Labute approximate surface area is 126 Å². The average Bonchev–Trinajstić information content (AvgIpc) is 3.08. The Kier molecular flexibility index (Phi) is 4.76. The molecule has 1 atom stereocenters. The number of ether oxygens (including phenoxy) is 1. The molecule has 2 aliphatic heterocycles. The second-order valence-electron chi connectivity index (χ2n) is 6.07. The van der Waals surface area contributed by atoms with Gasteiger partial charge in [0.2, 0.25) is 0 Å². The molecule has 1 amide bonds. The lowest BCUT2D eigenvalue weighted by Crippen LogP contribution is -2.43. The number of carbonyl (C=O) groups is 1. The summed E-state index contributed by atoms with van der Waals surface area (Å²) >= 11 is 0. The molecule has 2 fully saturated rings. The van der Waals surface area contributed by atoms with Gasteiger partial charge < -0.3 is 15.0 Å². The molecule has 3 rings (SSSR count). The van der Waals surface area contributed by atoms with Gasteiger partial charge in [-0.1, -0.05) is 30.3 Å². The van der Waals surface area contributed by atoms with Gasteiger partial charge in [-0.05, 0) is 43.7 Å². The molecule has 1 N–H and O–H groups in total. The predicted octanol–water partition coefficient (Wildman–Crippen LogP) is 2.79. The third-order valence-corrected chi connectivity index (χ3v) is 4.67. The van der Waals surface area contributed by atoms with E-state index in [0.29, 0.717) is 12.6 Å². The van der Waals surface area contributed by atoms with Gasteiger partial charge in [-0.2, -0.15) is 0 Å². The first kappa shape index (κ1) is 14.4. The van der Waals surface area contributed by atoms with E-state index in [1.54, 1.807) is 0 Å². The summed E-state index contributed by atoms with van der Waals surface area (Å²) < 4.78 is 5.40. The van der Waals surface area contributed by atoms with Gasteiger partial charge in [-0.25, -0.2) is 4.79 Å². The molecule has 1 unspecified atom stereocenters. The van der Waals surface area contributed by atoms with Crippen molar-refractivity contribution in [3.05, 3.63) is 35.9 Å². The quantitative estimate of drug-likeness (QED) is 0.930. The minimum atomic E-state index is -0.170. The molecular weight excluding hydrogens is 264 g/mol. The molecule has 2 heterocycles. The second kappa shape index (κ2) is 6.94. The van der Waals surface area contributed by atoms with Gasteiger partial charge in [-0.3, -0.25) is 0 Å². The van der Waals surface area contributed by atoms with E-state index < -0.39 is 0 Å². The van der Waals surface area contributed by atoms with Gasteiger partial charge in [0.05, 0.1) is 0 Å². The fraction of sp³-hybridized carbons (Fsp3) is 0.588. The van der Waals surface area contributed by atoms with Crippen LogP contribution >= 0.6 is 0 Å². The summed E-state index contributed by atoms with van der Waals surface area (Å²) in [4.78, 5) is 13.9. The third-order valence-electron chi connectivity index (χ3n) is 4.67. The Morgan fingerprint density at radius 2 is 1.95 bits per heavy atom. The number of amides is 1. The number of carbonyl (C=O) groups excluding carboxylic acids is 1. The first-order chi connectivity index (χ1) is 10.3. The molecule has 4 nitrogen and oxygen atoms in total. The van der Waals surface area contributed by atoms with Crippen molar-refractivity contribution >= 4 is 6.09 Å². The summed E-state index contributed by atoms with van der Waals surface area (Å²) in [6, 6.07) is 10.5. The normalized spacial score (nSPS) is 23.2. The fourth-order valence-electron chi connectivity index (χ4n) is 3.41. The van der Waals surface area contributed by atoms with Gasteiger partial charge in [0.15, 0.2) is 0 Å². The van der Waals surface area contributed by atoms with E-state index in [-0.39, 0.29) is 6.09 Å². The molecule has 114 valence electrons. The molecule has 0 saturated carbocycles. The molecule has 2 aliphatic rings. The molecule has 0 bridgehead atoms. The monoisotopic (exact) mass is 288 g/mol. The fourth-order valence-corrected chi connectivity index (χ4v) is 3.41. The van der Waals surface area contributed by atoms with Gasteiger partial charge in [0.25, 0.3) is 0 Å². The second-order valence-corrected chi connectivity index (χ2v) is 6.07. The van der Waals surface area contributed by atoms with Crippen LogP contribution in [0.3, 0.4) is 0 Å². The summed E-state index contributed by atoms with van der Waals surface area (Å²) in [5.41, 5.74) is 1.04. The molecule has 0 spiro atoms. The topological polar surface area (TPSA) is 41.6 Å². The number of benzene rings is 1. The van der Waals surface area contributed by atoms with Gasteiger partial charge in [-0.15, -0.1) is 0 Å². The predicted molar refractivity (Wildman–Crippen MR) is 81.9 cm³/mol. The van der Waals surface area contributed by atoms with Gasteiger partial charge in [0.1, 0.15) is 6.61 Å². The van der Waals surface area contributed by atoms with E-state index in [9.17, 15) is 4.79 Å². The Morgan fingerprint density at radius 3 is 2.62 bits per heavy atom. The van der Waals surface area contributed by atoms with E-state index in [1.807, 2.05) is 35.2 Å². The molecule has 0 radical (unpaired) electrons. The maximum atomic E-state index is 12.1. The number of hydrogen-bond donors (Lipinski definition) is 1. The smallest absolute Gasteiger partial charge is 0.410 e. The van der Waals surface area contributed by atoms with E-state index >= 15 is 0 Å². The summed E-state index contributed by atoms with van der Waals surface area (Å²) in [7, 11) is 0. The van der Waals surface area contributed by atoms with Crippen molar-refractivity contribution in [2.24, 2.45) is 5.92 Å². The zero-order valence-corrected chi connectivity index (χ0v) is 12.5. The highest BCUT2D eigenvalue weighted by molar-refractivity contribution is 5.67. The Balaban J connectivity index is 1.42. The van der Waals surface area contributed by atoms with Crippen molar-refractivity contribution in [1.29, 1.82) is 0 Å². The maximum Gasteiger partial charge on any atom is 0.410 e. The van der Waals surface area contributed by atoms with Gasteiger partial charge >= 0.3 is 6.09 Å². The summed E-state index contributed by atoms with van der Waals surface area (Å²) in [6.07, 6.45) is 4.61. The Hall–Kier alpha value is -1.55. The maximum absolute atomic E-state index is 12.1. The minimum Gasteiger partial charge on any atom is -0.445 e. The SMILES string of the molecule is O=C(OCc1ccccc1)N1CCC(C2CCCN2)CC1. The van der Waals surface area contributed by atoms with E-state index in [2.05, 4.69) is 5.32 Å². The highest BCUT2D eigenvalue weighted by Crippen LogP contribution is 2.25. The van der Waals surface area contributed by atoms with Crippen LogP contribution in [0.2, 0.25) is 0 Å². The molecule has 1 aromatic carbocycles.